The van der Waals surface area contributed by atoms with Crippen LogP contribution in [0.3, 0.4) is 0 Å². The molecule has 0 aliphatic heterocycles. The molecule has 2 rings (SSSR count). The van der Waals surface area contributed by atoms with Crippen LogP contribution in [0.15, 0.2) is 42.5 Å². The lowest BCUT2D eigenvalue weighted by Gasteiger charge is -2.10. The van der Waals surface area contributed by atoms with E-state index in [1.165, 1.54) is 30.3 Å². The van der Waals surface area contributed by atoms with Crippen LogP contribution in [-0.2, 0) is 11.2 Å². The van der Waals surface area contributed by atoms with Gasteiger partial charge in [0.2, 0.25) is 5.91 Å². The average molecular weight is 287 g/mol. The molecule has 0 saturated heterocycles. The van der Waals surface area contributed by atoms with Crippen molar-refractivity contribution in [2.24, 2.45) is 0 Å². The van der Waals surface area contributed by atoms with Crippen LogP contribution in [0.5, 0.6) is 0 Å². The molecule has 0 aliphatic rings. The number of amides is 1. The van der Waals surface area contributed by atoms with Crippen LogP contribution in [0.25, 0.3) is 0 Å². The molecule has 0 unspecified atom stereocenters. The van der Waals surface area contributed by atoms with Crippen LogP contribution < -0.4 is 5.32 Å². The van der Waals surface area contributed by atoms with E-state index in [4.69, 9.17) is 5.11 Å². The predicted octanol–water partition coefficient (Wildman–Crippen LogP) is 3.01. The van der Waals surface area contributed by atoms with Gasteiger partial charge in [-0.3, -0.25) is 4.79 Å². The Hall–Kier alpha value is -2.69. The first-order valence-electron chi connectivity index (χ1n) is 6.34. The number of carboxylic acid groups (broad SMARTS) is 1. The summed E-state index contributed by atoms with van der Waals surface area (Å²) in [5.41, 5.74) is 1.79. The molecule has 0 radical (unpaired) electrons. The molecule has 0 heterocycles. The zero-order valence-corrected chi connectivity index (χ0v) is 11.4. The SMILES string of the molecule is Cc1c(NC(=O)Cc2ccc(F)cc2)cccc1C(=O)O. The first-order valence-corrected chi connectivity index (χ1v) is 6.34. The molecule has 0 fully saturated rings. The predicted molar refractivity (Wildman–Crippen MR) is 76.9 cm³/mol. The number of nitrogens with one attached hydrogen (secondary N) is 1. The van der Waals surface area contributed by atoms with E-state index in [9.17, 15) is 14.0 Å². The van der Waals surface area contributed by atoms with Crippen molar-refractivity contribution < 1.29 is 19.1 Å². The standard InChI is InChI=1S/C16H14FNO3/c1-10-13(16(20)21)3-2-4-14(10)18-15(19)9-11-5-7-12(17)8-6-11/h2-8H,9H2,1H3,(H,18,19)(H,20,21). The lowest BCUT2D eigenvalue weighted by molar-refractivity contribution is -0.115. The first kappa shape index (κ1) is 14.7. The minimum absolute atomic E-state index is 0.0943. The lowest BCUT2D eigenvalue weighted by atomic mass is 10.1. The number of halogens is 1. The Morgan fingerprint density at radius 2 is 1.81 bits per heavy atom. The average Bonchev–Trinajstić information content (AvgIpc) is 2.43. The third-order valence-corrected chi connectivity index (χ3v) is 3.12. The lowest BCUT2D eigenvalue weighted by Crippen LogP contribution is -2.16. The van der Waals surface area contributed by atoms with Gasteiger partial charge in [-0.25, -0.2) is 9.18 Å². The van der Waals surface area contributed by atoms with Gasteiger partial charge >= 0.3 is 5.97 Å². The summed E-state index contributed by atoms with van der Waals surface area (Å²) in [4.78, 5) is 23.0. The summed E-state index contributed by atoms with van der Waals surface area (Å²) in [5.74, 6) is -1.68. The number of rotatable bonds is 4. The highest BCUT2D eigenvalue weighted by molar-refractivity contribution is 5.96. The number of carboxylic acids is 1. The summed E-state index contributed by atoms with van der Waals surface area (Å²) in [6.45, 7) is 1.64. The quantitative estimate of drug-likeness (QED) is 0.908. The van der Waals surface area contributed by atoms with Gasteiger partial charge in [0.25, 0.3) is 0 Å². The van der Waals surface area contributed by atoms with E-state index in [2.05, 4.69) is 5.32 Å². The fourth-order valence-corrected chi connectivity index (χ4v) is 1.98. The van der Waals surface area contributed by atoms with Crippen molar-refractivity contribution >= 4 is 17.6 Å². The van der Waals surface area contributed by atoms with Gasteiger partial charge in [-0.1, -0.05) is 18.2 Å². The van der Waals surface area contributed by atoms with Crippen molar-refractivity contribution in [3.8, 4) is 0 Å². The molecular weight excluding hydrogens is 273 g/mol. The van der Waals surface area contributed by atoms with Gasteiger partial charge in [-0.2, -0.15) is 0 Å². The van der Waals surface area contributed by atoms with Gasteiger partial charge in [0.15, 0.2) is 0 Å². The third-order valence-electron chi connectivity index (χ3n) is 3.12. The first-order chi connectivity index (χ1) is 9.97. The molecular formula is C16H14FNO3. The third kappa shape index (κ3) is 3.66. The maximum absolute atomic E-state index is 12.8. The largest absolute Gasteiger partial charge is 0.478 e. The van der Waals surface area contributed by atoms with Crippen LogP contribution in [0, 0.1) is 12.7 Å². The minimum atomic E-state index is -1.04. The van der Waals surface area contributed by atoms with E-state index in [-0.39, 0.29) is 23.7 Å². The molecule has 0 atom stereocenters. The van der Waals surface area contributed by atoms with Gasteiger partial charge in [0.1, 0.15) is 5.82 Å². The number of hydrogen-bond acceptors (Lipinski definition) is 2. The second kappa shape index (κ2) is 6.17. The summed E-state index contributed by atoms with van der Waals surface area (Å²) in [5, 5.41) is 11.7. The second-order valence-electron chi connectivity index (χ2n) is 4.63. The van der Waals surface area contributed by atoms with Crippen LogP contribution in [-0.4, -0.2) is 17.0 Å². The molecule has 0 aliphatic carbocycles. The Kier molecular flexibility index (Phi) is 4.33. The van der Waals surface area contributed by atoms with Crippen LogP contribution in [0.4, 0.5) is 10.1 Å². The van der Waals surface area contributed by atoms with E-state index >= 15 is 0 Å². The van der Waals surface area contributed by atoms with E-state index in [1.54, 1.807) is 19.1 Å². The summed E-state index contributed by atoms with van der Waals surface area (Å²) in [7, 11) is 0. The van der Waals surface area contributed by atoms with E-state index in [0.717, 1.165) is 0 Å². The number of hydrogen-bond donors (Lipinski definition) is 2. The molecule has 21 heavy (non-hydrogen) atoms. The topological polar surface area (TPSA) is 66.4 Å². The highest BCUT2D eigenvalue weighted by atomic mass is 19.1. The summed E-state index contributed by atoms with van der Waals surface area (Å²) in [6.07, 6.45) is 0.0943. The normalized spacial score (nSPS) is 10.2. The smallest absolute Gasteiger partial charge is 0.336 e. The monoisotopic (exact) mass is 287 g/mol. The fourth-order valence-electron chi connectivity index (χ4n) is 1.98. The number of benzene rings is 2. The van der Waals surface area contributed by atoms with Crippen molar-refractivity contribution in [3.05, 3.63) is 65.0 Å². The maximum Gasteiger partial charge on any atom is 0.336 e. The number of anilines is 1. The molecule has 0 aromatic heterocycles. The number of carbonyl (C=O) groups excluding carboxylic acids is 1. The van der Waals surface area contributed by atoms with Crippen LogP contribution >= 0.6 is 0 Å². The van der Waals surface area contributed by atoms with Gasteiger partial charge < -0.3 is 10.4 Å². The van der Waals surface area contributed by atoms with Crippen molar-refractivity contribution in [3.63, 3.8) is 0 Å². The molecule has 0 saturated carbocycles. The van der Waals surface area contributed by atoms with Crippen molar-refractivity contribution in [2.45, 2.75) is 13.3 Å². The van der Waals surface area contributed by atoms with Crippen LogP contribution in [0.2, 0.25) is 0 Å². The Balaban J connectivity index is 2.11. The summed E-state index contributed by atoms with van der Waals surface area (Å²) < 4.78 is 12.8. The zero-order valence-electron chi connectivity index (χ0n) is 11.4. The number of aromatic carboxylic acids is 1. The summed E-state index contributed by atoms with van der Waals surface area (Å²) >= 11 is 0. The van der Waals surface area contributed by atoms with E-state index in [0.29, 0.717) is 16.8 Å². The van der Waals surface area contributed by atoms with E-state index in [1.807, 2.05) is 0 Å². The summed E-state index contributed by atoms with van der Waals surface area (Å²) in [6, 6.07) is 10.4. The van der Waals surface area contributed by atoms with Gasteiger partial charge in [0, 0.05) is 5.69 Å². The molecule has 2 aromatic rings. The van der Waals surface area contributed by atoms with Crippen molar-refractivity contribution in [2.75, 3.05) is 5.32 Å². The zero-order chi connectivity index (χ0) is 15.4. The van der Waals surface area contributed by atoms with Gasteiger partial charge in [-0.15, -0.1) is 0 Å². The highest BCUT2D eigenvalue weighted by Gasteiger charge is 2.12. The Morgan fingerprint density at radius 3 is 2.43 bits per heavy atom. The number of carbonyl (C=O) groups is 2. The molecule has 0 bridgehead atoms. The van der Waals surface area contributed by atoms with Gasteiger partial charge in [0.05, 0.1) is 12.0 Å². The fraction of sp³-hybridized carbons (Fsp3) is 0.125. The second-order valence-corrected chi connectivity index (χ2v) is 4.63. The minimum Gasteiger partial charge on any atom is -0.478 e. The van der Waals surface area contributed by atoms with Crippen molar-refractivity contribution in [1.29, 1.82) is 0 Å². The molecule has 0 spiro atoms. The van der Waals surface area contributed by atoms with E-state index < -0.39 is 5.97 Å². The molecule has 2 N–H and O–H groups in total. The van der Waals surface area contributed by atoms with Gasteiger partial charge in [-0.05, 0) is 42.3 Å². The maximum atomic E-state index is 12.8. The molecule has 4 nitrogen and oxygen atoms in total. The Bertz CT molecular complexity index is 680. The molecule has 1 amide bonds. The molecule has 2 aromatic carbocycles. The van der Waals surface area contributed by atoms with Crippen LogP contribution in [0.1, 0.15) is 21.5 Å². The Morgan fingerprint density at radius 1 is 1.14 bits per heavy atom. The molecule has 108 valence electrons. The van der Waals surface area contributed by atoms with Crippen molar-refractivity contribution in [1.82, 2.24) is 0 Å². The Labute approximate surface area is 121 Å². The highest BCUT2D eigenvalue weighted by Crippen LogP contribution is 2.19. The molecule has 5 heteroatoms.